The molecule has 7 heteroatoms. The van der Waals surface area contributed by atoms with E-state index < -0.39 is 6.03 Å². The first kappa shape index (κ1) is 18.6. The minimum Gasteiger partial charge on any atom is -0.497 e. The zero-order valence-electron chi connectivity index (χ0n) is 14.1. The van der Waals surface area contributed by atoms with E-state index in [0.29, 0.717) is 30.1 Å². The molecule has 0 aromatic heterocycles. The van der Waals surface area contributed by atoms with Crippen molar-refractivity contribution < 1.29 is 19.7 Å². The second-order valence-corrected chi connectivity index (χ2v) is 5.31. The number of rotatable bonds is 8. The van der Waals surface area contributed by atoms with Crippen LogP contribution in [0.1, 0.15) is 5.56 Å². The maximum atomic E-state index is 12.3. The number of carbonyl (C=O) groups excluding carboxylic acids is 1. The lowest BCUT2D eigenvalue weighted by Crippen LogP contribution is -2.20. The van der Waals surface area contributed by atoms with Crippen LogP contribution in [0.2, 0.25) is 0 Å². The molecule has 7 nitrogen and oxygen atoms in total. The average Bonchev–Trinajstić information content (AvgIpc) is 2.61. The fourth-order valence-corrected chi connectivity index (χ4v) is 2.36. The molecule has 0 spiro atoms. The molecule has 134 valence electrons. The number of para-hydroxylation sites is 1. The van der Waals surface area contributed by atoms with Crippen LogP contribution >= 0.6 is 0 Å². The number of carbonyl (C=O) groups is 1. The van der Waals surface area contributed by atoms with Crippen molar-refractivity contribution in [3.8, 4) is 5.75 Å². The van der Waals surface area contributed by atoms with Crippen LogP contribution in [-0.2, 0) is 6.42 Å². The van der Waals surface area contributed by atoms with Gasteiger partial charge in [-0.05, 0) is 24.1 Å². The number of methoxy groups -OCH3 is 1. The van der Waals surface area contributed by atoms with Crippen molar-refractivity contribution in [1.82, 2.24) is 0 Å². The van der Waals surface area contributed by atoms with Gasteiger partial charge >= 0.3 is 6.03 Å². The van der Waals surface area contributed by atoms with E-state index in [1.54, 1.807) is 31.4 Å². The second kappa shape index (κ2) is 9.51. The van der Waals surface area contributed by atoms with Crippen molar-refractivity contribution in [3.05, 3.63) is 48.0 Å². The van der Waals surface area contributed by atoms with Crippen LogP contribution in [0.15, 0.2) is 42.5 Å². The predicted molar refractivity (Wildman–Crippen MR) is 98.4 cm³/mol. The number of hydrogen-bond acceptors (Lipinski definition) is 5. The highest BCUT2D eigenvalue weighted by Crippen LogP contribution is 2.24. The Morgan fingerprint density at radius 3 is 2.52 bits per heavy atom. The van der Waals surface area contributed by atoms with Crippen molar-refractivity contribution >= 4 is 23.1 Å². The number of nitrogens with one attached hydrogen (secondary N) is 3. The molecule has 2 amide bonds. The maximum Gasteiger partial charge on any atom is 0.323 e. The summed E-state index contributed by atoms with van der Waals surface area (Å²) in [6.07, 6.45) is 0.463. The molecule has 0 saturated heterocycles. The van der Waals surface area contributed by atoms with E-state index in [0.717, 1.165) is 11.3 Å². The molecular weight excluding hydrogens is 322 g/mol. The molecule has 0 aliphatic rings. The van der Waals surface area contributed by atoms with Gasteiger partial charge in [0.1, 0.15) is 5.75 Å². The lowest BCUT2D eigenvalue weighted by atomic mass is 10.1. The van der Waals surface area contributed by atoms with Gasteiger partial charge in [-0.2, -0.15) is 0 Å². The molecule has 2 aromatic rings. The first-order valence-electron chi connectivity index (χ1n) is 7.97. The largest absolute Gasteiger partial charge is 0.497 e. The van der Waals surface area contributed by atoms with Gasteiger partial charge in [-0.15, -0.1) is 0 Å². The number of aliphatic hydroxyl groups is 2. The Kier molecular flexibility index (Phi) is 7.06. The summed E-state index contributed by atoms with van der Waals surface area (Å²) in [6, 6.07) is 12.1. The Morgan fingerprint density at radius 1 is 1.04 bits per heavy atom. The molecule has 2 rings (SSSR count). The van der Waals surface area contributed by atoms with Crippen LogP contribution in [0.4, 0.5) is 21.9 Å². The van der Waals surface area contributed by atoms with Crippen molar-refractivity contribution in [2.24, 2.45) is 0 Å². The van der Waals surface area contributed by atoms with Gasteiger partial charge in [-0.1, -0.05) is 18.2 Å². The normalized spacial score (nSPS) is 10.2. The fraction of sp³-hybridized carbons (Fsp3) is 0.278. The van der Waals surface area contributed by atoms with Crippen molar-refractivity contribution in [2.45, 2.75) is 6.42 Å². The van der Waals surface area contributed by atoms with E-state index >= 15 is 0 Å². The van der Waals surface area contributed by atoms with Crippen LogP contribution in [0.3, 0.4) is 0 Å². The van der Waals surface area contributed by atoms with Gasteiger partial charge in [-0.3, -0.25) is 0 Å². The number of aliphatic hydroxyl groups excluding tert-OH is 2. The van der Waals surface area contributed by atoms with Gasteiger partial charge in [0.25, 0.3) is 0 Å². The maximum absolute atomic E-state index is 12.3. The van der Waals surface area contributed by atoms with E-state index in [1.807, 2.05) is 18.2 Å². The zero-order valence-corrected chi connectivity index (χ0v) is 14.1. The summed E-state index contributed by atoms with van der Waals surface area (Å²) in [5, 5.41) is 26.6. The molecular formula is C18H23N3O4. The lowest BCUT2D eigenvalue weighted by Gasteiger charge is -2.13. The molecule has 2 aromatic carbocycles. The average molecular weight is 345 g/mol. The van der Waals surface area contributed by atoms with E-state index in [1.165, 1.54) is 0 Å². The number of anilines is 3. The zero-order chi connectivity index (χ0) is 18.1. The molecule has 0 atom stereocenters. The summed E-state index contributed by atoms with van der Waals surface area (Å²) in [5.74, 6) is 0.582. The smallest absolute Gasteiger partial charge is 0.323 e. The SMILES string of the molecule is COc1cc(NCCO)cc(NC(=O)Nc2ccccc2CCO)c1. The van der Waals surface area contributed by atoms with Gasteiger partial charge < -0.3 is 30.9 Å². The highest BCUT2D eigenvalue weighted by molar-refractivity contribution is 6.00. The van der Waals surface area contributed by atoms with Gasteiger partial charge in [0.2, 0.25) is 0 Å². The molecule has 0 saturated carbocycles. The first-order valence-corrected chi connectivity index (χ1v) is 7.97. The first-order chi connectivity index (χ1) is 12.2. The summed E-state index contributed by atoms with van der Waals surface area (Å²) in [5.41, 5.74) is 2.79. The van der Waals surface area contributed by atoms with Crippen molar-refractivity contribution in [3.63, 3.8) is 0 Å². The number of benzene rings is 2. The molecule has 0 aliphatic heterocycles. The van der Waals surface area contributed by atoms with Gasteiger partial charge in [-0.25, -0.2) is 4.79 Å². The third-order valence-corrected chi connectivity index (χ3v) is 3.49. The number of hydrogen-bond donors (Lipinski definition) is 5. The quantitative estimate of drug-likeness (QED) is 0.505. The Balaban J connectivity index is 2.09. The number of urea groups is 1. The Morgan fingerprint density at radius 2 is 1.80 bits per heavy atom. The highest BCUT2D eigenvalue weighted by Gasteiger charge is 2.08. The minimum absolute atomic E-state index is 0.00208. The van der Waals surface area contributed by atoms with E-state index in [9.17, 15) is 4.79 Å². The van der Waals surface area contributed by atoms with E-state index in [2.05, 4.69) is 16.0 Å². The molecule has 0 radical (unpaired) electrons. The summed E-state index contributed by atoms with van der Waals surface area (Å²) in [4.78, 5) is 12.3. The Bertz CT molecular complexity index is 706. The van der Waals surface area contributed by atoms with Gasteiger partial charge in [0.15, 0.2) is 0 Å². The molecule has 0 bridgehead atoms. The monoisotopic (exact) mass is 345 g/mol. The summed E-state index contributed by atoms with van der Waals surface area (Å²) in [6.45, 7) is 0.408. The molecule has 5 N–H and O–H groups in total. The third-order valence-electron chi connectivity index (χ3n) is 3.49. The van der Waals surface area contributed by atoms with Crippen LogP contribution in [0, 0.1) is 0 Å². The summed E-state index contributed by atoms with van der Waals surface area (Å²) >= 11 is 0. The molecule has 0 heterocycles. The van der Waals surface area contributed by atoms with E-state index in [4.69, 9.17) is 14.9 Å². The molecule has 25 heavy (non-hydrogen) atoms. The van der Waals surface area contributed by atoms with Crippen LogP contribution < -0.4 is 20.7 Å². The topological polar surface area (TPSA) is 103 Å². The minimum atomic E-state index is -0.397. The van der Waals surface area contributed by atoms with Gasteiger partial charge in [0.05, 0.1) is 13.7 Å². The lowest BCUT2D eigenvalue weighted by molar-refractivity contribution is 0.262. The standard InChI is InChI=1S/C18H23N3O4/c1-25-16-11-14(19-7-9-23)10-15(12-16)20-18(24)21-17-5-3-2-4-13(17)6-8-22/h2-5,10-12,19,22-23H,6-9H2,1H3,(H2,20,21,24). The van der Waals surface area contributed by atoms with Crippen LogP contribution in [0.25, 0.3) is 0 Å². The Labute approximate surface area is 146 Å². The summed E-state index contributed by atoms with van der Waals surface area (Å²) in [7, 11) is 1.54. The second-order valence-electron chi connectivity index (χ2n) is 5.31. The molecule has 0 aliphatic carbocycles. The summed E-state index contributed by atoms with van der Waals surface area (Å²) < 4.78 is 5.22. The third kappa shape index (κ3) is 5.66. The number of amides is 2. The van der Waals surface area contributed by atoms with Crippen molar-refractivity contribution in [2.75, 3.05) is 42.8 Å². The van der Waals surface area contributed by atoms with Crippen LogP contribution in [0.5, 0.6) is 5.75 Å². The highest BCUT2D eigenvalue weighted by atomic mass is 16.5. The molecule has 0 unspecified atom stereocenters. The van der Waals surface area contributed by atoms with Crippen molar-refractivity contribution in [1.29, 1.82) is 0 Å². The number of ether oxygens (including phenoxy) is 1. The van der Waals surface area contributed by atoms with Gasteiger partial charge in [0, 0.05) is 42.3 Å². The van der Waals surface area contributed by atoms with E-state index in [-0.39, 0.29) is 13.2 Å². The fourth-order valence-electron chi connectivity index (χ4n) is 2.36. The van der Waals surface area contributed by atoms with Crippen LogP contribution in [-0.4, -0.2) is 43.1 Å². The molecule has 0 fully saturated rings. The Hall–Kier alpha value is -2.77. The predicted octanol–water partition coefficient (Wildman–Crippen LogP) is 2.28.